The fourth-order valence-corrected chi connectivity index (χ4v) is 4.42. The average molecular weight is 412 g/mol. The third-order valence-electron chi connectivity index (χ3n) is 4.31. The van der Waals surface area contributed by atoms with Crippen molar-refractivity contribution < 1.29 is 26.4 Å². The Morgan fingerprint density at radius 1 is 1.04 bits per heavy atom. The van der Waals surface area contributed by atoms with Crippen molar-refractivity contribution in [2.45, 2.75) is 36.5 Å². The molecule has 0 saturated heterocycles. The minimum atomic E-state index is -4.48. The lowest BCUT2D eigenvalue weighted by Gasteiger charge is -2.22. The monoisotopic (exact) mass is 412 g/mol. The second-order valence-electron chi connectivity index (χ2n) is 6.59. The molecular weight excluding hydrogens is 393 g/mol. The predicted octanol–water partition coefficient (Wildman–Crippen LogP) is 3.33. The Morgan fingerprint density at radius 2 is 1.64 bits per heavy atom. The molecule has 1 N–H and O–H groups in total. The van der Waals surface area contributed by atoms with E-state index in [0.717, 1.165) is 12.8 Å². The number of hydrogen-bond donors (Lipinski definition) is 1. The zero-order chi connectivity index (χ0) is 20.4. The van der Waals surface area contributed by atoms with Crippen molar-refractivity contribution >= 4 is 15.9 Å². The highest BCUT2D eigenvalue weighted by Gasteiger charge is 2.38. The van der Waals surface area contributed by atoms with Gasteiger partial charge in [0, 0.05) is 18.2 Å². The van der Waals surface area contributed by atoms with Gasteiger partial charge in [-0.2, -0.15) is 17.5 Å². The molecule has 0 aliphatic heterocycles. The van der Waals surface area contributed by atoms with Gasteiger partial charge in [0.1, 0.15) is 6.54 Å². The molecule has 0 atom stereocenters. The van der Waals surface area contributed by atoms with Crippen LogP contribution in [0.25, 0.3) is 0 Å². The summed E-state index contributed by atoms with van der Waals surface area (Å²) >= 11 is 0. The van der Waals surface area contributed by atoms with Crippen LogP contribution < -0.4 is 5.32 Å². The first-order valence-electron chi connectivity index (χ1n) is 8.67. The number of carbonyl (C=O) groups excluding carboxylic acids is 1. The quantitative estimate of drug-likeness (QED) is 0.759. The van der Waals surface area contributed by atoms with E-state index in [0.29, 0.717) is 5.56 Å². The van der Waals surface area contributed by atoms with Crippen LogP contribution in [-0.4, -0.2) is 37.4 Å². The largest absolute Gasteiger partial charge is 0.405 e. The normalized spacial score (nSPS) is 14.9. The maximum Gasteiger partial charge on any atom is 0.405 e. The molecular formula is C19H19F3N2O3S. The minimum Gasteiger partial charge on any atom is -0.343 e. The molecule has 1 aliphatic rings. The minimum absolute atomic E-state index is 0.0695. The Balaban J connectivity index is 1.72. The Labute approximate surface area is 161 Å². The van der Waals surface area contributed by atoms with Gasteiger partial charge in [-0.05, 0) is 42.7 Å². The molecule has 2 aromatic rings. The van der Waals surface area contributed by atoms with E-state index in [-0.39, 0.29) is 23.0 Å². The highest BCUT2D eigenvalue weighted by molar-refractivity contribution is 7.89. The van der Waals surface area contributed by atoms with Gasteiger partial charge in [0.05, 0.1) is 4.90 Å². The Hall–Kier alpha value is -2.39. The molecule has 9 heteroatoms. The molecule has 1 amide bonds. The molecule has 0 radical (unpaired) electrons. The van der Waals surface area contributed by atoms with Crippen LogP contribution in [0.15, 0.2) is 59.5 Å². The van der Waals surface area contributed by atoms with Gasteiger partial charge in [-0.15, -0.1) is 0 Å². The molecule has 1 fully saturated rings. The molecule has 2 aromatic carbocycles. The highest BCUT2D eigenvalue weighted by Crippen LogP contribution is 2.33. The van der Waals surface area contributed by atoms with Crippen molar-refractivity contribution in [2.75, 3.05) is 6.54 Å². The van der Waals surface area contributed by atoms with Crippen LogP contribution in [-0.2, 0) is 16.6 Å². The van der Waals surface area contributed by atoms with Crippen molar-refractivity contribution in [2.24, 2.45) is 0 Å². The molecule has 28 heavy (non-hydrogen) atoms. The Morgan fingerprint density at radius 3 is 2.18 bits per heavy atom. The SMILES string of the molecule is O=C(NCC(F)(F)F)c1ccc(CN(C2CC2)S(=O)(=O)c2ccccc2)cc1. The number of amides is 1. The van der Waals surface area contributed by atoms with Crippen LogP contribution >= 0.6 is 0 Å². The maximum absolute atomic E-state index is 12.9. The van der Waals surface area contributed by atoms with E-state index < -0.39 is 28.7 Å². The smallest absolute Gasteiger partial charge is 0.343 e. The summed E-state index contributed by atoms with van der Waals surface area (Å²) in [5.74, 6) is -0.833. The zero-order valence-corrected chi connectivity index (χ0v) is 15.6. The van der Waals surface area contributed by atoms with Crippen LogP contribution in [0.5, 0.6) is 0 Å². The molecule has 0 heterocycles. The number of rotatable bonds is 7. The zero-order valence-electron chi connectivity index (χ0n) is 14.8. The van der Waals surface area contributed by atoms with E-state index in [1.807, 2.05) is 0 Å². The molecule has 0 bridgehead atoms. The summed E-state index contributed by atoms with van der Waals surface area (Å²) in [5.41, 5.74) is 0.732. The summed E-state index contributed by atoms with van der Waals surface area (Å²) in [6, 6.07) is 14.0. The first-order chi connectivity index (χ1) is 13.2. The van der Waals surface area contributed by atoms with Crippen molar-refractivity contribution in [1.29, 1.82) is 0 Å². The molecule has 0 aromatic heterocycles. The summed E-state index contributed by atoms with van der Waals surface area (Å²) in [7, 11) is -3.66. The number of nitrogens with zero attached hydrogens (tertiary/aromatic N) is 1. The first kappa shape index (κ1) is 20.3. The van der Waals surface area contributed by atoms with Crippen LogP contribution in [0.3, 0.4) is 0 Å². The fraction of sp³-hybridized carbons (Fsp3) is 0.316. The van der Waals surface area contributed by atoms with Gasteiger partial charge in [0.2, 0.25) is 10.0 Å². The standard InChI is InChI=1S/C19H19F3N2O3S/c20-19(21,22)13-23-18(25)15-8-6-14(7-9-15)12-24(16-10-11-16)28(26,27)17-4-2-1-3-5-17/h1-9,16H,10-13H2,(H,23,25). The van der Waals surface area contributed by atoms with Gasteiger partial charge < -0.3 is 5.32 Å². The van der Waals surface area contributed by atoms with E-state index in [1.54, 1.807) is 47.8 Å². The summed E-state index contributed by atoms with van der Waals surface area (Å²) in [6.07, 6.45) is -2.92. The third-order valence-corrected chi connectivity index (χ3v) is 6.22. The van der Waals surface area contributed by atoms with E-state index in [1.165, 1.54) is 16.4 Å². The molecule has 1 saturated carbocycles. The Bertz CT molecular complexity index is 925. The second kappa shape index (κ2) is 7.92. The number of alkyl halides is 3. The van der Waals surface area contributed by atoms with Gasteiger partial charge in [0.15, 0.2) is 0 Å². The number of hydrogen-bond acceptors (Lipinski definition) is 3. The highest BCUT2D eigenvalue weighted by atomic mass is 32.2. The topological polar surface area (TPSA) is 66.5 Å². The van der Waals surface area contributed by atoms with Crippen LogP contribution in [0.1, 0.15) is 28.8 Å². The summed E-state index contributed by atoms with van der Waals surface area (Å²) < 4.78 is 63.9. The van der Waals surface area contributed by atoms with Gasteiger partial charge in [-0.3, -0.25) is 4.79 Å². The Kier molecular flexibility index (Phi) is 5.76. The van der Waals surface area contributed by atoms with Gasteiger partial charge >= 0.3 is 6.18 Å². The van der Waals surface area contributed by atoms with E-state index >= 15 is 0 Å². The van der Waals surface area contributed by atoms with Crippen LogP contribution in [0, 0.1) is 0 Å². The summed E-state index contributed by atoms with van der Waals surface area (Å²) in [4.78, 5) is 12.0. The van der Waals surface area contributed by atoms with E-state index in [9.17, 15) is 26.4 Å². The van der Waals surface area contributed by atoms with Crippen molar-refractivity contribution in [3.8, 4) is 0 Å². The summed E-state index contributed by atoms with van der Waals surface area (Å²) in [5, 5.41) is 1.80. The third kappa shape index (κ3) is 5.11. The lowest BCUT2D eigenvalue weighted by molar-refractivity contribution is -0.123. The molecule has 1 aliphatic carbocycles. The van der Waals surface area contributed by atoms with E-state index in [2.05, 4.69) is 0 Å². The summed E-state index contributed by atoms with van der Waals surface area (Å²) in [6.45, 7) is -1.27. The molecule has 5 nitrogen and oxygen atoms in total. The molecule has 0 spiro atoms. The van der Waals surface area contributed by atoms with Gasteiger partial charge in [-0.1, -0.05) is 30.3 Å². The van der Waals surface area contributed by atoms with Crippen LogP contribution in [0.2, 0.25) is 0 Å². The van der Waals surface area contributed by atoms with Gasteiger partial charge in [-0.25, -0.2) is 8.42 Å². The first-order valence-corrected chi connectivity index (χ1v) is 10.1. The van der Waals surface area contributed by atoms with Crippen molar-refractivity contribution in [1.82, 2.24) is 9.62 Å². The van der Waals surface area contributed by atoms with Crippen LogP contribution in [0.4, 0.5) is 13.2 Å². The average Bonchev–Trinajstić information content (AvgIpc) is 3.49. The second-order valence-corrected chi connectivity index (χ2v) is 8.48. The maximum atomic E-state index is 12.9. The van der Waals surface area contributed by atoms with Crippen molar-refractivity contribution in [3.63, 3.8) is 0 Å². The van der Waals surface area contributed by atoms with E-state index in [4.69, 9.17) is 0 Å². The van der Waals surface area contributed by atoms with Crippen molar-refractivity contribution in [3.05, 3.63) is 65.7 Å². The number of benzene rings is 2. The molecule has 0 unspecified atom stereocenters. The van der Waals surface area contributed by atoms with Gasteiger partial charge in [0.25, 0.3) is 5.91 Å². The number of carbonyl (C=O) groups is 1. The number of halogens is 3. The fourth-order valence-electron chi connectivity index (χ4n) is 2.72. The predicted molar refractivity (Wildman–Crippen MR) is 97.0 cm³/mol. The molecule has 150 valence electrons. The lowest BCUT2D eigenvalue weighted by Crippen LogP contribution is -2.34. The molecule has 3 rings (SSSR count). The number of nitrogens with one attached hydrogen (secondary N) is 1. The lowest BCUT2D eigenvalue weighted by atomic mass is 10.1. The number of sulfonamides is 1.